The standard InChI is InChI=1S/C14H27NO4/c1-5-19-14(17)7-6-13(16)11-15(8-9-18-4)10-12(2)3/h12H,5-11H2,1-4H3. The Morgan fingerprint density at radius 3 is 2.42 bits per heavy atom. The molecule has 0 rings (SSSR count). The van der Waals surface area contributed by atoms with E-state index in [-0.39, 0.29) is 24.6 Å². The molecule has 0 saturated heterocycles. The number of ketones is 1. The molecular formula is C14H27NO4. The Morgan fingerprint density at radius 2 is 1.89 bits per heavy atom. The Bertz CT molecular complexity index is 266. The highest BCUT2D eigenvalue weighted by atomic mass is 16.5. The summed E-state index contributed by atoms with van der Waals surface area (Å²) in [5.74, 6) is 0.266. The van der Waals surface area contributed by atoms with Gasteiger partial charge in [-0.1, -0.05) is 13.8 Å². The lowest BCUT2D eigenvalue weighted by molar-refractivity contribution is -0.144. The lowest BCUT2D eigenvalue weighted by Crippen LogP contribution is -2.35. The summed E-state index contributed by atoms with van der Waals surface area (Å²) in [6.07, 6.45) is 0.423. The SMILES string of the molecule is CCOC(=O)CCC(=O)CN(CCOC)CC(C)C. The topological polar surface area (TPSA) is 55.8 Å². The Kier molecular flexibility index (Phi) is 10.4. The van der Waals surface area contributed by atoms with Crippen molar-refractivity contribution in [2.45, 2.75) is 33.6 Å². The van der Waals surface area contributed by atoms with Crippen LogP contribution in [0, 0.1) is 5.92 Å². The average Bonchev–Trinajstić information content (AvgIpc) is 2.33. The van der Waals surface area contributed by atoms with Crippen LogP contribution in [-0.4, -0.2) is 56.6 Å². The number of hydrogen-bond donors (Lipinski definition) is 0. The van der Waals surface area contributed by atoms with Crippen LogP contribution in [0.1, 0.15) is 33.6 Å². The number of rotatable bonds is 11. The highest BCUT2D eigenvalue weighted by molar-refractivity contribution is 5.84. The van der Waals surface area contributed by atoms with Crippen LogP contribution in [0.3, 0.4) is 0 Å². The van der Waals surface area contributed by atoms with Crippen molar-refractivity contribution in [1.82, 2.24) is 4.90 Å². The van der Waals surface area contributed by atoms with E-state index in [0.717, 1.165) is 13.1 Å². The average molecular weight is 273 g/mol. The van der Waals surface area contributed by atoms with Crippen LogP contribution in [0.5, 0.6) is 0 Å². The third kappa shape index (κ3) is 10.7. The zero-order valence-electron chi connectivity index (χ0n) is 12.6. The Labute approximate surface area is 116 Å². The molecule has 5 heteroatoms. The van der Waals surface area contributed by atoms with Crippen molar-refractivity contribution in [1.29, 1.82) is 0 Å². The number of methoxy groups -OCH3 is 1. The molecule has 5 nitrogen and oxygen atoms in total. The zero-order chi connectivity index (χ0) is 14.7. The predicted octanol–water partition coefficient (Wildman–Crippen LogP) is 1.50. The number of ether oxygens (including phenoxy) is 2. The minimum atomic E-state index is -0.303. The van der Waals surface area contributed by atoms with Crippen LogP contribution in [0.15, 0.2) is 0 Å². The minimum absolute atomic E-state index is 0.0739. The predicted molar refractivity (Wildman–Crippen MR) is 74.0 cm³/mol. The van der Waals surface area contributed by atoms with E-state index in [0.29, 0.717) is 25.7 Å². The number of carbonyl (C=O) groups excluding carboxylic acids is 2. The number of nitrogens with zero attached hydrogens (tertiary/aromatic N) is 1. The van der Waals surface area contributed by atoms with Gasteiger partial charge in [0.2, 0.25) is 0 Å². The second-order valence-electron chi connectivity index (χ2n) is 4.97. The molecule has 0 amide bonds. The van der Waals surface area contributed by atoms with Gasteiger partial charge in [-0.3, -0.25) is 14.5 Å². The smallest absolute Gasteiger partial charge is 0.306 e. The van der Waals surface area contributed by atoms with Gasteiger partial charge in [0, 0.05) is 26.6 Å². The van der Waals surface area contributed by atoms with E-state index in [2.05, 4.69) is 18.7 Å². The van der Waals surface area contributed by atoms with Crippen LogP contribution >= 0.6 is 0 Å². The number of Topliss-reactive ketones (excluding diaryl/α,β-unsaturated/α-hetero) is 1. The fourth-order valence-corrected chi connectivity index (χ4v) is 1.77. The summed E-state index contributed by atoms with van der Waals surface area (Å²) in [7, 11) is 1.65. The van der Waals surface area contributed by atoms with E-state index in [1.807, 2.05) is 0 Å². The molecule has 19 heavy (non-hydrogen) atoms. The van der Waals surface area contributed by atoms with Crippen LogP contribution in [0.25, 0.3) is 0 Å². The molecule has 0 aromatic heterocycles. The molecule has 0 spiro atoms. The zero-order valence-corrected chi connectivity index (χ0v) is 12.6. The Morgan fingerprint density at radius 1 is 1.21 bits per heavy atom. The summed E-state index contributed by atoms with van der Waals surface area (Å²) in [5.41, 5.74) is 0. The summed E-state index contributed by atoms with van der Waals surface area (Å²) >= 11 is 0. The van der Waals surface area contributed by atoms with Gasteiger partial charge in [-0.2, -0.15) is 0 Å². The van der Waals surface area contributed by atoms with E-state index >= 15 is 0 Å². The van der Waals surface area contributed by atoms with Crippen molar-refractivity contribution >= 4 is 11.8 Å². The second kappa shape index (κ2) is 10.9. The fraction of sp³-hybridized carbons (Fsp3) is 0.857. The van der Waals surface area contributed by atoms with Crippen molar-refractivity contribution in [2.75, 3.05) is 40.0 Å². The summed E-state index contributed by atoms with van der Waals surface area (Å²) in [6, 6.07) is 0. The molecule has 0 aliphatic rings. The largest absolute Gasteiger partial charge is 0.466 e. The molecule has 0 fully saturated rings. The Hall–Kier alpha value is -0.940. The maximum atomic E-state index is 11.8. The first-order chi connectivity index (χ1) is 8.99. The third-order valence-electron chi connectivity index (χ3n) is 2.55. The fourth-order valence-electron chi connectivity index (χ4n) is 1.77. The first-order valence-electron chi connectivity index (χ1n) is 6.88. The number of hydrogen-bond acceptors (Lipinski definition) is 5. The highest BCUT2D eigenvalue weighted by Gasteiger charge is 2.13. The molecule has 0 unspecified atom stereocenters. The molecule has 0 radical (unpaired) electrons. The monoisotopic (exact) mass is 273 g/mol. The highest BCUT2D eigenvalue weighted by Crippen LogP contribution is 2.02. The summed E-state index contributed by atoms with van der Waals surface area (Å²) in [4.78, 5) is 25.1. The summed E-state index contributed by atoms with van der Waals surface area (Å²) in [5, 5.41) is 0. The quantitative estimate of drug-likeness (QED) is 0.534. The van der Waals surface area contributed by atoms with Crippen LogP contribution < -0.4 is 0 Å². The van der Waals surface area contributed by atoms with Gasteiger partial charge in [0.05, 0.1) is 26.2 Å². The van der Waals surface area contributed by atoms with Gasteiger partial charge in [-0.25, -0.2) is 0 Å². The molecule has 0 atom stereocenters. The van der Waals surface area contributed by atoms with Crippen molar-refractivity contribution in [2.24, 2.45) is 5.92 Å². The molecule has 0 heterocycles. The van der Waals surface area contributed by atoms with Crippen LogP contribution in [0.4, 0.5) is 0 Å². The third-order valence-corrected chi connectivity index (χ3v) is 2.55. The molecule has 0 aliphatic carbocycles. The van der Waals surface area contributed by atoms with Gasteiger partial charge in [0.25, 0.3) is 0 Å². The van der Waals surface area contributed by atoms with Crippen molar-refractivity contribution in [3.8, 4) is 0 Å². The van der Waals surface area contributed by atoms with Crippen molar-refractivity contribution < 1.29 is 19.1 Å². The summed E-state index contributed by atoms with van der Waals surface area (Å²) < 4.78 is 9.84. The van der Waals surface area contributed by atoms with Crippen molar-refractivity contribution in [3.05, 3.63) is 0 Å². The van der Waals surface area contributed by atoms with Gasteiger partial charge in [0.15, 0.2) is 0 Å². The molecule has 112 valence electrons. The van der Waals surface area contributed by atoms with Gasteiger partial charge < -0.3 is 9.47 Å². The number of carbonyl (C=O) groups is 2. The Balaban J connectivity index is 4.03. The minimum Gasteiger partial charge on any atom is -0.466 e. The van der Waals surface area contributed by atoms with Crippen LogP contribution in [-0.2, 0) is 19.1 Å². The van der Waals surface area contributed by atoms with E-state index in [1.54, 1.807) is 14.0 Å². The molecular weight excluding hydrogens is 246 g/mol. The molecule has 0 aliphatic heterocycles. The summed E-state index contributed by atoms with van der Waals surface area (Å²) in [6.45, 7) is 8.92. The molecule has 0 bridgehead atoms. The van der Waals surface area contributed by atoms with Crippen LogP contribution in [0.2, 0.25) is 0 Å². The lowest BCUT2D eigenvalue weighted by atomic mass is 10.1. The van der Waals surface area contributed by atoms with E-state index in [1.165, 1.54) is 0 Å². The first-order valence-corrected chi connectivity index (χ1v) is 6.88. The molecule has 0 aromatic carbocycles. The molecule has 0 saturated carbocycles. The lowest BCUT2D eigenvalue weighted by Gasteiger charge is -2.23. The maximum absolute atomic E-state index is 11.8. The first kappa shape index (κ1) is 18.1. The molecule has 0 N–H and O–H groups in total. The molecule has 0 aromatic rings. The normalized spacial score (nSPS) is 11.1. The van der Waals surface area contributed by atoms with Gasteiger partial charge in [-0.15, -0.1) is 0 Å². The number of esters is 1. The van der Waals surface area contributed by atoms with Gasteiger partial charge >= 0.3 is 5.97 Å². The van der Waals surface area contributed by atoms with E-state index < -0.39 is 0 Å². The van der Waals surface area contributed by atoms with Crippen molar-refractivity contribution in [3.63, 3.8) is 0 Å². The maximum Gasteiger partial charge on any atom is 0.306 e. The van der Waals surface area contributed by atoms with Gasteiger partial charge in [0.1, 0.15) is 5.78 Å². The van der Waals surface area contributed by atoms with E-state index in [9.17, 15) is 9.59 Å². The second-order valence-corrected chi connectivity index (χ2v) is 4.97. The van der Waals surface area contributed by atoms with Gasteiger partial charge in [-0.05, 0) is 12.8 Å². The van der Waals surface area contributed by atoms with E-state index in [4.69, 9.17) is 9.47 Å².